The van der Waals surface area contributed by atoms with Gasteiger partial charge in [-0.2, -0.15) is 9.49 Å². The number of esters is 1. The van der Waals surface area contributed by atoms with Gasteiger partial charge in [-0.05, 0) is 108 Å². The molecule has 0 saturated carbocycles. The Labute approximate surface area is 614 Å². The zero-order valence-electron chi connectivity index (χ0n) is 63.8. The predicted octanol–water partition coefficient (Wildman–Crippen LogP) is 7.96. The number of likely N-dealkylation sites (N-methyl/N-ethyl adjacent to an activating group) is 2. The van der Waals surface area contributed by atoms with E-state index in [1.54, 1.807) is 68.8 Å². The Kier molecular flexibility index (Phi) is 34.1. The number of ketones is 3. The number of nitrogens with zero attached hydrogens (tertiary/aromatic N) is 6. The summed E-state index contributed by atoms with van der Waals surface area (Å²) in [5.74, 6) is -17.6. The summed E-state index contributed by atoms with van der Waals surface area (Å²) < 4.78 is 74.0. The lowest BCUT2D eigenvalue weighted by atomic mass is 9.83. The van der Waals surface area contributed by atoms with Gasteiger partial charge < -0.3 is 55.9 Å². The Morgan fingerprint density at radius 2 is 1.40 bits per heavy atom. The molecule has 3 aromatic rings. The first kappa shape index (κ1) is 87.4. The number of carbonyl (C=O) groups excluding carboxylic acids is 11. The fraction of sp³-hybridized carbons (Fsp3) is 0.667. The van der Waals surface area contributed by atoms with Crippen molar-refractivity contribution in [3.63, 3.8) is 0 Å². The number of amides is 8. The van der Waals surface area contributed by atoms with Crippen molar-refractivity contribution in [2.24, 2.45) is 59.0 Å². The van der Waals surface area contributed by atoms with Crippen molar-refractivity contribution in [1.29, 1.82) is 0 Å². The first-order valence-corrected chi connectivity index (χ1v) is 36.5. The summed E-state index contributed by atoms with van der Waals surface area (Å²) in [6, 6.07) is 2.70. The van der Waals surface area contributed by atoms with Gasteiger partial charge in [-0.1, -0.05) is 80.9 Å². The summed E-state index contributed by atoms with van der Waals surface area (Å²) >= 11 is 0. The highest BCUT2D eigenvalue weighted by molar-refractivity contribution is 5.98. The van der Waals surface area contributed by atoms with E-state index in [0.717, 1.165) is 6.92 Å². The standard InChI is InChI=1S/C75H112F4N12O14/c1-17-43(8)68(89(14)73(100)52(40(2)3)36-56(94)67(42(6)7)88(12)13)57(103-15)37-61(97)91-30-19-21-53(91)69(104-16)45(10)54(92)34-50(35-58-83-39-84-87-58)71(98)82-38-47-22-24-51(25-23-47)85-72(99)48(20-18-29-81-75(80)102)33-55(93)66(41(4)5)86-59(95)26-27-60(96)90-31-28-49(32-44(90)9)74(101)105-70-63(77)46(11)62(76)64(78)65(70)79/h22-25,39-45,48-50,52-53,57,66-69H,17-21,26-38H2,1-16H3,(H,82,98)(H,85,99)(H,86,95)(H3,80,81,102)(H,83,84,87)/t43-,44?,45-,48+,49?,50-,52-,53-,57+,66-,67-,68-,69+/m0/s1. The number of nitrogens with one attached hydrogen (secondary N) is 5. The minimum atomic E-state index is -2.00. The summed E-state index contributed by atoms with van der Waals surface area (Å²) in [5, 5.41) is 17.7. The third-order valence-corrected chi connectivity index (χ3v) is 20.7. The quantitative estimate of drug-likeness (QED) is 0.00783. The van der Waals surface area contributed by atoms with Crippen LogP contribution >= 0.6 is 0 Å². The molecule has 584 valence electrons. The van der Waals surface area contributed by atoms with Crippen LogP contribution in [0.3, 0.4) is 0 Å². The average molecular weight is 1480 g/mol. The highest BCUT2D eigenvalue weighted by Gasteiger charge is 2.45. The molecule has 0 spiro atoms. The minimum absolute atomic E-state index is 0.00343. The van der Waals surface area contributed by atoms with Gasteiger partial charge in [-0.25, -0.2) is 22.9 Å². The number of primary amides is 1. The van der Waals surface area contributed by atoms with Crippen molar-refractivity contribution in [3.05, 3.63) is 70.8 Å². The normalized spacial score (nSPS) is 18.3. The largest absolute Gasteiger partial charge is 0.420 e. The van der Waals surface area contributed by atoms with Crippen LogP contribution in [0.15, 0.2) is 30.6 Å². The lowest BCUT2D eigenvalue weighted by Gasteiger charge is -2.41. The van der Waals surface area contributed by atoms with E-state index in [1.807, 2.05) is 60.5 Å². The van der Waals surface area contributed by atoms with Gasteiger partial charge in [0.15, 0.2) is 29.0 Å². The number of aromatic nitrogens is 3. The first-order valence-electron chi connectivity index (χ1n) is 36.5. The summed E-state index contributed by atoms with van der Waals surface area (Å²) in [5.41, 5.74) is 5.37. The molecule has 8 amide bonds. The number of ether oxygens (including phenoxy) is 3. The second-order valence-electron chi connectivity index (χ2n) is 29.5. The summed E-state index contributed by atoms with van der Waals surface area (Å²) in [6.45, 7) is 20.0. The van der Waals surface area contributed by atoms with Crippen molar-refractivity contribution >= 4 is 70.5 Å². The van der Waals surface area contributed by atoms with Crippen LogP contribution in [0.2, 0.25) is 0 Å². The molecule has 2 aliphatic rings. The summed E-state index contributed by atoms with van der Waals surface area (Å²) in [6.07, 6.45) is 0.899. The maximum Gasteiger partial charge on any atom is 0.314 e. The molecule has 2 fully saturated rings. The Balaban J connectivity index is 1.19. The molecule has 1 aromatic heterocycles. The number of benzene rings is 2. The Bertz CT molecular complexity index is 3430. The molecule has 2 aromatic carbocycles. The fourth-order valence-electron chi connectivity index (χ4n) is 14.6. The van der Waals surface area contributed by atoms with Crippen molar-refractivity contribution in [1.82, 2.24) is 50.7 Å². The van der Waals surface area contributed by atoms with Gasteiger partial charge in [-0.15, -0.1) is 0 Å². The van der Waals surface area contributed by atoms with Crippen LogP contribution < -0.4 is 31.7 Å². The molecule has 2 saturated heterocycles. The number of Topliss-reactive ketones (excluding diaryl/α,β-unsaturated/α-hetero) is 3. The molecule has 5 rings (SSSR count). The molecular weight excluding hydrogens is 1370 g/mol. The van der Waals surface area contributed by atoms with E-state index in [-0.39, 0.29) is 137 Å². The lowest BCUT2D eigenvalue weighted by molar-refractivity contribution is -0.149. The van der Waals surface area contributed by atoms with Crippen molar-refractivity contribution in [2.45, 2.75) is 215 Å². The molecule has 3 heterocycles. The number of hydrogen-bond acceptors (Lipinski definition) is 17. The first-order chi connectivity index (χ1) is 49.5. The predicted molar refractivity (Wildman–Crippen MR) is 383 cm³/mol. The molecule has 26 nitrogen and oxygen atoms in total. The topological polar surface area (TPSA) is 344 Å². The second kappa shape index (κ2) is 41.0. The van der Waals surface area contributed by atoms with Gasteiger partial charge in [0.25, 0.3) is 0 Å². The van der Waals surface area contributed by atoms with Crippen molar-refractivity contribution in [2.75, 3.05) is 60.3 Å². The number of methoxy groups -OCH3 is 2. The van der Waals surface area contributed by atoms with Gasteiger partial charge >= 0.3 is 12.0 Å². The lowest BCUT2D eigenvalue weighted by Crippen LogP contribution is -2.54. The van der Waals surface area contributed by atoms with E-state index < -0.39 is 148 Å². The number of likely N-dealkylation sites (tertiary alicyclic amines) is 2. The number of carbonyl (C=O) groups is 11. The SMILES string of the molecule is CC[C@H](C)[C@@H]([C@@H](CC(=O)N1CCC[C@H]1[C@H](OC)[C@@H](C)C(=O)C[C@@H](Cc1ncn[nH]1)C(=O)NCc1ccc(NC(=O)[C@H](CCCNC(N)=O)CC(=O)[C@@H](NC(=O)CCC(=O)N2CCC(C(=O)Oc3c(F)c(C)c(F)c(F)c3F)CC2C)C(C)C)cc1)OC)N(C)C(=O)[C@@H](CC(=O)[C@H](C(C)C)N(C)C)C(C)C. The highest BCUT2D eigenvalue weighted by Crippen LogP contribution is 2.35. The van der Waals surface area contributed by atoms with Crippen molar-refractivity contribution < 1.29 is 84.5 Å². The zero-order chi connectivity index (χ0) is 78.4. The number of H-pyrrole nitrogens is 1. The molecule has 105 heavy (non-hydrogen) atoms. The molecule has 13 atom stereocenters. The molecule has 0 radical (unpaired) electrons. The molecular formula is C75H112F4N12O14. The van der Waals surface area contributed by atoms with Crippen LogP contribution in [0, 0.1) is 83.5 Å². The van der Waals surface area contributed by atoms with Crippen molar-refractivity contribution in [3.8, 4) is 5.75 Å². The van der Waals surface area contributed by atoms with Gasteiger partial charge in [0, 0.05) is 121 Å². The van der Waals surface area contributed by atoms with E-state index in [0.29, 0.717) is 42.9 Å². The maximum absolute atomic E-state index is 14.6. The van der Waals surface area contributed by atoms with Crippen LogP contribution in [0.25, 0.3) is 0 Å². The number of halogens is 4. The number of nitrogens with two attached hydrogens (primary N) is 1. The number of piperidine rings is 1. The van der Waals surface area contributed by atoms with Crippen LogP contribution in [0.4, 0.5) is 28.0 Å². The molecule has 2 unspecified atom stereocenters. The molecule has 0 aliphatic carbocycles. The van der Waals surface area contributed by atoms with Gasteiger partial charge in [0.05, 0.1) is 54.6 Å². The van der Waals surface area contributed by atoms with Crippen LogP contribution in [0.1, 0.15) is 170 Å². The Hall–Kier alpha value is -8.25. The molecule has 0 bridgehead atoms. The van der Waals surface area contributed by atoms with E-state index in [4.69, 9.17) is 19.9 Å². The molecule has 30 heteroatoms. The smallest absolute Gasteiger partial charge is 0.314 e. The van der Waals surface area contributed by atoms with Crippen LogP contribution in [-0.2, 0) is 70.4 Å². The number of anilines is 1. The number of hydrogen-bond donors (Lipinski definition) is 6. The second-order valence-corrected chi connectivity index (χ2v) is 29.5. The maximum atomic E-state index is 14.6. The minimum Gasteiger partial charge on any atom is -0.420 e. The van der Waals surface area contributed by atoms with E-state index in [1.165, 1.54) is 25.4 Å². The molecule has 7 N–H and O–H groups in total. The highest BCUT2D eigenvalue weighted by atomic mass is 19.2. The van der Waals surface area contributed by atoms with Gasteiger partial charge in [0.1, 0.15) is 17.9 Å². The van der Waals surface area contributed by atoms with Crippen LogP contribution in [-0.4, -0.2) is 197 Å². The van der Waals surface area contributed by atoms with E-state index >= 15 is 0 Å². The number of urea groups is 1. The molecule has 2 aliphatic heterocycles. The third-order valence-electron chi connectivity index (χ3n) is 20.7. The van der Waals surface area contributed by atoms with E-state index in [9.17, 15) is 70.3 Å². The van der Waals surface area contributed by atoms with Gasteiger partial charge in [-0.3, -0.25) is 57.9 Å². The summed E-state index contributed by atoms with van der Waals surface area (Å²) in [7, 11) is 8.47. The summed E-state index contributed by atoms with van der Waals surface area (Å²) in [4.78, 5) is 162. The Morgan fingerprint density at radius 3 is 1.97 bits per heavy atom. The average Bonchev–Trinajstić information content (AvgIpc) is 1.20. The van der Waals surface area contributed by atoms with E-state index in [2.05, 4.69) is 36.4 Å². The zero-order valence-corrected chi connectivity index (χ0v) is 63.8. The third kappa shape index (κ3) is 24.1. The number of aromatic amines is 1. The fourth-order valence-corrected chi connectivity index (χ4v) is 14.6. The Morgan fingerprint density at radius 1 is 0.733 bits per heavy atom. The van der Waals surface area contributed by atoms with Crippen LogP contribution in [0.5, 0.6) is 5.75 Å². The number of rotatable bonds is 41. The monoisotopic (exact) mass is 1480 g/mol. The van der Waals surface area contributed by atoms with Gasteiger partial charge in [0.2, 0.25) is 47.0 Å².